The fourth-order valence-corrected chi connectivity index (χ4v) is 6.06. The van der Waals surface area contributed by atoms with Crippen molar-refractivity contribution in [2.45, 2.75) is 51.9 Å². The normalized spacial score (nSPS) is 13.3. The molecular formula is C30H28N4S. The second kappa shape index (κ2) is 10.2. The third-order valence-electron chi connectivity index (χ3n) is 6.85. The van der Waals surface area contributed by atoms with Gasteiger partial charge in [-0.25, -0.2) is 0 Å². The third-order valence-corrected chi connectivity index (χ3v) is 7.39. The van der Waals surface area contributed by atoms with Crippen molar-refractivity contribution in [3.8, 4) is 23.3 Å². The molecule has 1 aliphatic carbocycles. The van der Waals surface area contributed by atoms with E-state index in [1.54, 1.807) is 12.2 Å². The number of hydrogen-bond acceptors (Lipinski definition) is 5. The molecule has 0 saturated carbocycles. The lowest BCUT2D eigenvalue weighted by molar-refractivity contribution is 0.435. The van der Waals surface area contributed by atoms with E-state index in [1.807, 2.05) is 25.1 Å². The van der Waals surface area contributed by atoms with Crippen LogP contribution in [0.15, 0.2) is 54.6 Å². The number of nitrogens with zero attached hydrogens (tertiary/aromatic N) is 4. The van der Waals surface area contributed by atoms with E-state index in [2.05, 4.69) is 65.6 Å². The minimum atomic E-state index is -0.117. The number of hydrogen-bond donors (Lipinski definition) is 0. The first kappa shape index (κ1) is 24.3. The molecule has 2 aromatic carbocycles. The first-order chi connectivity index (χ1) is 17.1. The van der Waals surface area contributed by atoms with Crippen LogP contribution in [0.1, 0.15) is 80.1 Å². The lowest BCUT2D eigenvalue weighted by Gasteiger charge is -2.32. The SMILES string of the molecule is C=Cc1nsnc1/C(=C\C)c1ccc2c(c1)C(CCC)(CCC)c1cc(C=C(C#N)C#N)ccc1-2. The number of aromatic nitrogens is 2. The predicted molar refractivity (Wildman–Crippen MR) is 144 cm³/mol. The fraction of sp³-hybridized carbons (Fsp3) is 0.267. The highest BCUT2D eigenvalue weighted by Gasteiger charge is 2.42. The van der Waals surface area contributed by atoms with Gasteiger partial charge in [-0.3, -0.25) is 0 Å². The van der Waals surface area contributed by atoms with E-state index in [0.29, 0.717) is 0 Å². The Kier molecular flexibility index (Phi) is 7.10. The monoisotopic (exact) mass is 476 g/mol. The van der Waals surface area contributed by atoms with Crippen LogP contribution in [-0.2, 0) is 5.41 Å². The molecule has 0 bridgehead atoms. The van der Waals surface area contributed by atoms with Gasteiger partial charge in [-0.1, -0.05) is 69.7 Å². The molecule has 0 amide bonds. The largest absolute Gasteiger partial charge is 0.192 e. The molecule has 1 aliphatic rings. The average Bonchev–Trinajstić information content (AvgIpc) is 3.45. The maximum atomic E-state index is 9.25. The number of benzene rings is 2. The van der Waals surface area contributed by atoms with Crippen molar-refractivity contribution in [1.29, 1.82) is 10.5 Å². The first-order valence-corrected chi connectivity index (χ1v) is 12.7. The first-order valence-electron chi connectivity index (χ1n) is 12.0. The predicted octanol–water partition coefficient (Wildman–Crippen LogP) is 7.93. The Morgan fingerprint density at radius 1 is 1.00 bits per heavy atom. The summed E-state index contributed by atoms with van der Waals surface area (Å²) < 4.78 is 8.95. The summed E-state index contributed by atoms with van der Waals surface area (Å²) in [5, 5.41) is 18.5. The molecular weight excluding hydrogens is 448 g/mol. The van der Waals surface area contributed by atoms with Crippen LogP contribution >= 0.6 is 11.7 Å². The van der Waals surface area contributed by atoms with Gasteiger partial charge in [0.05, 0.1) is 11.7 Å². The lowest BCUT2D eigenvalue weighted by Crippen LogP contribution is -2.25. The quantitative estimate of drug-likeness (QED) is 0.309. The molecule has 174 valence electrons. The smallest absolute Gasteiger partial charge is 0.130 e. The number of rotatable bonds is 8. The van der Waals surface area contributed by atoms with Crippen LogP contribution in [0.5, 0.6) is 0 Å². The highest BCUT2D eigenvalue weighted by molar-refractivity contribution is 6.99. The Balaban J connectivity index is 1.93. The van der Waals surface area contributed by atoms with Gasteiger partial charge in [-0.05, 0) is 71.4 Å². The molecule has 0 fully saturated rings. The Morgan fingerprint density at radius 2 is 1.66 bits per heavy atom. The molecule has 35 heavy (non-hydrogen) atoms. The number of allylic oxidation sites excluding steroid dienone is 2. The minimum Gasteiger partial charge on any atom is -0.192 e. The summed E-state index contributed by atoms with van der Waals surface area (Å²) in [6.07, 6.45) is 9.71. The molecule has 0 aliphatic heterocycles. The minimum absolute atomic E-state index is 0.117. The molecule has 4 nitrogen and oxygen atoms in total. The molecule has 0 atom stereocenters. The van der Waals surface area contributed by atoms with E-state index in [0.717, 1.165) is 53.8 Å². The van der Waals surface area contributed by atoms with Gasteiger partial charge < -0.3 is 0 Å². The highest BCUT2D eigenvalue weighted by atomic mass is 32.1. The van der Waals surface area contributed by atoms with Gasteiger partial charge in [0.25, 0.3) is 0 Å². The molecule has 1 aromatic heterocycles. The molecule has 3 aromatic rings. The van der Waals surface area contributed by atoms with E-state index >= 15 is 0 Å². The van der Waals surface area contributed by atoms with Gasteiger partial charge in [0.1, 0.15) is 29.1 Å². The second-order valence-corrected chi connectivity index (χ2v) is 9.36. The topological polar surface area (TPSA) is 73.4 Å². The molecule has 4 rings (SSSR count). The Morgan fingerprint density at radius 3 is 2.26 bits per heavy atom. The van der Waals surface area contributed by atoms with Gasteiger partial charge in [0.15, 0.2) is 0 Å². The van der Waals surface area contributed by atoms with Crippen molar-refractivity contribution >= 4 is 29.5 Å². The van der Waals surface area contributed by atoms with Gasteiger partial charge in [0, 0.05) is 11.0 Å². The van der Waals surface area contributed by atoms with Gasteiger partial charge in [-0.15, -0.1) is 0 Å². The second-order valence-electron chi connectivity index (χ2n) is 8.83. The standard InChI is InChI=1S/C30H28N4S/c1-5-13-30(14-6-2)26-16-20(15-21(18-31)19-32)9-11-24(26)25-12-10-22(17-27(25)30)23(7-3)29-28(8-4)33-35-34-29/h7-12,15-17H,4-6,13-14H2,1-3H3/b23-7-. The maximum Gasteiger partial charge on any atom is 0.130 e. The Bertz CT molecular complexity index is 1400. The summed E-state index contributed by atoms with van der Waals surface area (Å²) in [7, 11) is 0. The maximum absolute atomic E-state index is 9.25. The molecule has 0 saturated heterocycles. The summed E-state index contributed by atoms with van der Waals surface area (Å²) in [6.45, 7) is 10.4. The summed E-state index contributed by atoms with van der Waals surface area (Å²) in [5.41, 5.74) is 9.90. The van der Waals surface area contributed by atoms with Crippen LogP contribution in [0.3, 0.4) is 0 Å². The molecule has 0 radical (unpaired) electrons. The van der Waals surface area contributed by atoms with Crippen LogP contribution in [0.2, 0.25) is 0 Å². The lowest BCUT2D eigenvalue weighted by atomic mass is 9.71. The van der Waals surface area contributed by atoms with Crippen molar-refractivity contribution in [3.63, 3.8) is 0 Å². The molecule has 5 heteroatoms. The van der Waals surface area contributed by atoms with E-state index in [1.165, 1.54) is 34.0 Å². The molecule has 0 N–H and O–H groups in total. The van der Waals surface area contributed by atoms with E-state index < -0.39 is 0 Å². The van der Waals surface area contributed by atoms with Crippen molar-refractivity contribution in [3.05, 3.63) is 88.3 Å². The highest BCUT2D eigenvalue weighted by Crippen LogP contribution is 2.54. The summed E-state index contributed by atoms with van der Waals surface area (Å²) in [5.74, 6) is 0. The van der Waals surface area contributed by atoms with Gasteiger partial charge in [-0.2, -0.15) is 19.3 Å². The van der Waals surface area contributed by atoms with Crippen LogP contribution in [0, 0.1) is 22.7 Å². The van der Waals surface area contributed by atoms with Crippen molar-refractivity contribution in [2.24, 2.45) is 0 Å². The van der Waals surface area contributed by atoms with E-state index in [9.17, 15) is 10.5 Å². The Hall–Kier alpha value is -3.80. The number of fused-ring (bicyclic) bond motifs is 3. The Labute approximate surface area is 211 Å². The third kappa shape index (κ3) is 4.14. The van der Waals surface area contributed by atoms with Crippen LogP contribution in [0.25, 0.3) is 28.9 Å². The van der Waals surface area contributed by atoms with Gasteiger partial charge >= 0.3 is 0 Å². The van der Waals surface area contributed by atoms with Gasteiger partial charge in [0.2, 0.25) is 0 Å². The molecule has 1 heterocycles. The van der Waals surface area contributed by atoms with Crippen molar-refractivity contribution < 1.29 is 0 Å². The van der Waals surface area contributed by atoms with Crippen molar-refractivity contribution in [2.75, 3.05) is 0 Å². The van der Waals surface area contributed by atoms with Crippen LogP contribution in [0.4, 0.5) is 0 Å². The van der Waals surface area contributed by atoms with E-state index in [-0.39, 0.29) is 11.0 Å². The number of nitriles is 2. The molecule has 0 unspecified atom stereocenters. The summed E-state index contributed by atoms with van der Waals surface area (Å²) in [6, 6.07) is 17.1. The summed E-state index contributed by atoms with van der Waals surface area (Å²) >= 11 is 1.21. The zero-order chi connectivity index (χ0) is 25.0. The van der Waals surface area contributed by atoms with Crippen LogP contribution < -0.4 is 0 Å². The zero-order valence-corrected chi connectivity index (χ0v) is 21.2. The zero-order valence-electron chi connectivity index (χ0n) is 20.4. The van der Waals surface area contributed by atoms with Crippen molar-refractivity contribution in [1.82, 2.24) is 8.75 Å². The average molecular weight is 477 g/mol. The van der Waals surface area contributed by atoms with E-state index in [4.69, 9.17) is 0 Å². The fourth-order valence-electron chi connectivity index (χ4n) is 5.50. The van der Waals surface area contributed by atoms with Crippen LogP contribution in [-0.4, -0.2) is 8.75 Å². The summed E-state index contributed by atoms with van der Waals surface area (Å²) in [4.78, 5) is 0. The molecule has 0 spiro atoms.